The van der Waals surface area contributed by atoms with Crippen LogP contribution < -0.4 is 5.73 Å². The lowest BCUT2D eigenvalue weighted by atomic mass is 9.91. The molecule has 10 heteroatoms. The van der Waals surface area contributed by atoms with Gasteiger partial charge in [-0.25, -0.2) is 9.97 Å². The Morgan fingerprint density at radius 1 is 1.12 bits per heavy atom. The van der Waals surface area contributed by atoms with E-state index < -0.39 is 42.7 Å². The molecule has 6 rings (SSSR count). The lowest BCUT2D eigenvalue weighted by Gasteiger charge is -2.35. The maximum Gasteiger partial charge on any atom is 0.164 e. The molecule has 1 unspecified atom stereocenters. The molecule has 0 aliphatic carbocycles. The number of aromatic nitrogens is 3. The fourth-order valence-corrected chi connectivity index (χ4v) is 5.23. The van der Waals surface area contributed by atoms with Gasteiger partial charge in [0.1, 0.15) is 42.2 Å². The van der Waals surface area contributed by atoms with Gasteiger partial charge in [0.25, 0.3) is 0 Å². The molecule has 32 heavy (non-hydrogen) atoms. The van der Waals surface area contributed by atoms with Gasteiger partial charge in [-0.05, 0) is 43.2 Å². The third-order valence-electron chi connectivity index (χ3n) is 6.29. The summed E-state index contributed by atoms with van der Waals surface area (Å²) in [5, 5.41) is 11.8. The molecule has 0 saturated carbocycles. The number of halogens is 1. The Balaban J connectivity index is 1.43. The second kappa shape index (κ2) is 7.11. The van der Waals surface area contributed by atoms with Crippen LogP contribution in [0, 0.1) is 0 Å². The summed E-state index contributed by atoms with van der Waals surface area (Å²) in [7, 11) is 0. The SMILES string of the molecule is CC1(C)O[C@H]2[C@@H](O1)[C@H](n1ccc3c(N)ncnc31)O[C@@H]2[C@@H]1OC(O)Cc2cc(Cl)ccc21. The Hall–Kier alpha value is -2.27. The Morgan fingerprint density at radius 2 is 1.94 bits per heavy atom. The first-order valence-corrected chi connectivity index (χ1v) is 10.9. The average molecular weight is 459 g/mol. The monoisotopic (exact) mass is 458 g/mol. The number of aliphatic hydroxyl groups excluding tert-OH is 1. The first-order valence-electron chi connectivity index (χ1n) is 10.5. The summed E-state index contributed by atoms with van der Waals surface area (Å²) < 4.78 is 26.9. The number of nitrogens with zero attached hydrogens (tertiary/aromatic N) is 3. The van der Waals surface area contributed by atoms with Crippen molar-refractivity contribution in [3.8, 4) is 0 Å². The number of hydrogen-bond acceptors (Lipinski definition) is 8. The van der Waals surface area contributed by atoms with E-state index in [1.54, 1.807) is 0 Å². The third-order valence-corrected chi connectivity index (χ3v) is 6.52. The zero-order chi connectivity index (χ0) is 22.2. The summed E-state index contributed by atoms with van der Waals surface area (Å²) in [6, 6.07) is 7.44. The second-order valence-electron chi connectivity index (χ2n) is 8.83. The predicted octanol–water partition coefficient (Wildman–Crippen LogP) is 2.72. The quantitative estimate of drug-likeness (QED) is 0.602. The van der Waals surface area contributed by atoms with E-state index in [1.807, 2.05) is 48.9 Å². The van der Waals surface area contributed by atoms with Crippen LogP contribution >= 0.6 is 11.6 Å². The van der Waals surface area contributed by atoms with Gasteiger partial charge in [-0.3, -0.25) is 0 Å². The van der Waals surface area contributed by atoms with E-state index in [9.17, 15) is 5.11 Å². The summed E-state index contributed by atoms with van der Waals surface area (Å²) >= 11 is 6.19. The van der Waals surface area contributed by atoms with Crippen molar-refractivity contribution in [2.75, 3.05) is 5.73 Å². The molecule has 3 N–H and O–H groups in total. The van der Waals surface area contributed by atoms with Crippen molar-refractivity contribution >= 4 is 28.5 Å². The molecule has 1 aromatic carbocycles. The van der Waals surface area contributed by atoms with E-state index in [0.717, 1.165) is 16.5 Å². The number of nitrogen functional groups attached to an aromatic ring is 1. The molecule has 5 heterocycles. The Labute approximate surface area is 189 Å². The summed E-state index contributed by atoms with van der Waals surface area (Å²) in [4.78, 5) is 8.47. The largest absolute Gasteiger partial charge is 0.383 e. The van der Waals surface area contributed by atoms with Crippen LogP contribution in [0.15, 0.2) is 36.8 Å². The highest BCUT2D eigenvalue weighted by Gasteiger charge is 2.59. The van der Waals surface area contributed by atoms with Gasteiger partial charge in [0.15, 0.2) is 18.3 Å². The Kier molecular flexibility index (Phi) is 4.52. The minimum atomic E-state index is -0.970. The van der Waals surface area contributed by atoms with E-state index in [-0.39, 0.29) is 0 Å². The Bertz CT molecular complexity index is 1200. The van der Waals surface area contributed by atoms with Crippen LogP contribution in [-0.2, 0) is 25.4 Å². The number of fused-ring (bicyclic) bond motifs is 3. The van der Waals surface area contributed by atoms with Crippen LogP contribution in [0.1, 0.15) is 37.3 Å². The fraction of sp³-hybridized carbons (Fsp3) is 0.455. The van der Waals surface area contributed by atoms with Crippen molar-refractivity contribution in [3.05, 3.63) is 52.9 Å². The van der Waals surface area contributed by atoms with Gasteiger partial charge in [-0.2, -0.15) is 0 Å². The van der Waals surface area contributed by atoms with Crippen molar-refractivity contribution in [1.82, 2.24) is 14.5 Å². The molecule has 2 fully saturated rings. The van der Waals surface area contributed by atoms with E-state index in [4.69, 9.17) is 36.3 Å². The molecule has 3 aliphatic heterocycles. The molecule has 0 spiro atoms. The lowest BCUT2D eigenvalue weighted by molar-refractivity contribution is -0.232. The highest BCUT2D eigenvalue weighted by atomic mass is 35.5. The van der Waals surface area contributed by atoms with Crippen LogP contribution in [0.5, 0.6) is 0 Å². The highest BCUT2D eigenvalue weighted by molar-refractivity contribution is 6.30. The maximum atomic E-state index is 10.4. The van der Waals surface area contributed by atoms with Crippen LogP contribution in [0.4, 0.5) is 5.82 Å². The van der Waals surface area contributed by atoms with Crippen LogP contribution in [-0.4, -0.2) is 50.0 Å². The maximum absolute atomic E-state index is 10.4. The van der Waals surface area contributed by atoms with E-state index in [1.165, 1.54) is 6.33 Å². The number of benzene rings is 1. The number of ether oxygens (including phenoxy) is 4. The predicted molar refractivity (Wildman–Crippen MR) is 115 cm³/mol. The van der Waals surface area contributed by atoms with Crippen molar-refractivity contribution < 1.29 is 24.1 Å². The van der Waals surface area contributed by atoms with Crippen molar-refractivity contribution in [1.29, 1.82) is 0 Å². The molecule has 3 aliphatic rings. The summed E-state index contributed by atoms with van der Waals surface area (Å²) in [5.41, 5.74) is 8.51. The van der Waals surface area contributed by atoms with Crippen LogP contribution in [0.3, 0.4) is 0 Å². The van der Waals surface area contributed by atoms with Crippen molar-refractivity contribution in [2.45, 2.75) is 63.0 Å². The molecule has 0 amide bonds. The molecule has 0 bridgehead atoms. The molecule has 2 saturated heterocycles. The molecular formula is C22H23ClN4O5. The number of aliphatic hydroxyl groups is 1. The van der Waals surface area contributed by atoms with Gasteiger partial charge >= 0.3 is 0 Å². The minimum Gasteiger partial charge on any atom is -0.383 e. The van der Waals surface area contributed by atoms with E-state index in [2.05, 4.69) is 9.97 Å². The van der Waals surface area contributed by atoms with Gasteiger partial charge < -0.3 is 34.4 Å². The first-order chi connectivity index (χ1) is 15.3. The van der Waals surface area contributed by atoms with Crippen molar-refractivity contribution in [3.63, 3.8) is 0 Å². The van der Waals surface area contributed by atoms with Gasteiger partial charge in [0, 0.05) is 17.6 Å². The number of anilines is 1. The van der Waals surface area contributed by atoms with Gasteiger partial charge in [-0.1, -0.05) is 17.7 Å². The average Bonchev–Trinajstić information content (AvgIpc) is 3.38. The smallest absolute Gasteiger partial charge is 0.164 e. The van der Waals surface area contributed by atoms with Crippen LogP contribution in [0.2, 0.25) is 5.02 Å². The molecule has 2 aromatic heterocycles. The zero-order valence-electron chi connectivity index (χ0n) is 17.5. The highest BCUT2D eigenvalue weighted by Crippen LogP contribution is 2.49. The van der Waals surface area contributed by atoms with Gasteiger partial charge in [0.2, 0.25) is 0 Å². The molecule has 6 atom stereocenters. The minimum absolute atomic E-state index is 0.359. The number of hydrogen-bond donors (Lipinski definition) is 2. The topological polar surface area (TPSA) is 114 Å². The van der Waals surface area contributed by atoms with E-state index in [0.29, 0.717) is 22.9 Å². The van der Waals surface area contributed by atoms with Crippen LogP contribution in [0.25, 0.3) is 11.0 Å². The third kappa shape index (κ3) is 3.12. The van der Waals surface area contributed by atoms with Gasteiger partial charge in [-0.15, -0.1) is 0 Å². The number of nitrogens with two attached hydrogens (primary N) is 1. The molecule has 0 radical (unpaired) electrons. The molecular weight excluding hydrogens is 436 g/mol. The standard InChI is InChI=1S/C22H23ClN4O5/c1-22(2)31-17-16(15-12-4-3-11(23)7-10(12)8-14(28)29-15)30-21(18(17)32-22)27-6-5-13-19(24)25-9-26-20(13)27/h3-7,9,14-18,21,28H,8H2,1-2H3,(H2,24,25,26)/t14?,15-,16-,17-,18-,21-/m1/s1. The zero-order valence-corrected chi connectivity index (χ0v) is 18.3. The van der Waals surface area contributed by atoms with Crippen molar-refractivity contribution in [2.24, 2.45) is 0 Å². The number of rotatable bonds is 2. The Morgan fingerprint density at radius 3 is 2.78 bits per heavy atom. The molecule has 168 valence electrons. The summed E-state index contributed by atoms with van der Waals surface area (Å²) in [6.45, 7) is 3.75. The van der Waals surface area contributed by atoms with E-state index >= 15 is 0 Å². The fourth-order valence-electron chi connectivity index (χ4n) is 5.03. The first kappa shape index (κ1) is 20.3. The normalized spacial score (nSPS) is 33.4. The van der Waals surface area contributed by atoms with Gasteiger partial charge in [0.05, 0.1) is 5.39 Å². The summed E-state index contributed by atoms with van der Waals surface area (Å²) in [6.07, 6.45) is 0.219. The molecule has 9 nitrogen and oxygen atoms in total. The lowest BCUT2D eigenvalue weighted by Crippen LogP contribution is -2.39. The summed E-state index contributed by atoms with van der Waals surface area (Å²) in [5.74, 6) is -0.406. The molecule has 3 aromatic rings. The second-order valence-corrected chi connectivity index (χ2v) is 9.27.